The molecule has 0 saturated carbocycles. The molecule has 0 bridgehead atoms. The van der Waals surface area contributed by atoms with E-state index in [9.17, 15) is 0 Å². The molecule has 4 N–H and O–H groups in total. The Hall–Kier alpha value is -1.36. The number of rotatable bonds is 6. The normalized spacial score (nSPS) is 11.3. The summed E-state index contributed by atoms with van der Waals surface area (Å²) < 4.78 is 0. The molecule has 0 unspecified atom stereocenters. The fourth-order valence-electron chi connectivity index (χ4n) is 1.32. The van der Waals surface area contributed by atoms with E-state index in [1.807, 2.05) is 6.07 Å². The lowest BCUT2D eigenvalue weighted by Gasteiger charge is -2.18. The van der Waals surface area contributed by atoms with Crippen molar-refractivity contribution in [2.24, 2.45) is 11.1 Å². The molecule has 96 valence electrons. The van der Waals surface area contributed by atoms with Gasteiger partial charge in [0.15, 0.2) is 0 Å². The van der Waals surface area contributed by atoms with Crippen molar-refractivity contribution in [3.05, 3.63) is 12.4 Å². The maximum Gasteiger partial charge on any atom is 0.131 e. The molecule has 0 spiro atoms. The van der Waals surface area contributed by atoms with E-state index >= 15 is 0 Å². The number of nitrogens with two attached hydrogens (primary N) is 1. The summed E-state index contributed by atoms with van der Waals surface area (Å²) in [5.41, 5.74) is 5.75. The van der Waals surface area contributed by atoms with Crippen LogP contribution in [0.3, 0.4) is 0 Å². The standard InChI is InChI=1S/C12H23N5/c1-12(2,3)4-6-14-10-8-11(15-7-5-13)17-9-16-10/h8-9H,4-7,13H2,1-3H3,(H2,14,15,16,17). The molecular weight excluding hydrogens is 214 g/mol. The van der Waals surface area contributed by atoms with Gasteiger partial charge in [-0.15, -0.1) is 0 Å². The Kier molecular flexibility index (Phi) is 5.15. The molecule has 1 heterocycles. The molecule has 0 aliphatic carbocycles. The van der Waals surface area contributed by atoms with Crippen LogP contribution in [0, 0.1) is 5.41 Å². The molecule has 0 fully saturated rings. The van der Waals surface area contributed by atoms with Crippen molar-refractivity contribution in [3.63, 3.8) is 0 Å². The highest BCUT2D eigenvalue weighted by molar-refractivity contribution is 5.46. The highest BCUT2D eigenvalue weighted by Crippen LogP contribution is 2.18. The predicted octanol–water partition coefficient (Wildman–Crippen LogP) is 1.70. The lowest BCUT2D eigenvalue weighted by atomic mass is 9.92. The van der Waals surface area contributed by atoms with Gasteiger partial charge in [0.25, 0.3) is 0 Å². The summed E-state index contributed by atoms with van der Waals surface area (Å²) in [5.74, 6) is 1.66. The Morgan fingerprint density at radius 3 is 2.24 bits per heavy atom. The van der Waals surface area contributed by atoms with Crippen LogP contribution in [0.4, 0.5) is 11.6 Å². The third-order valence-corrected chi connectivity index (χ3v) is 2.30. The largest absolute Gasteiger partial charge is 0.370 e. The Labute approximate surface area is 103 Å². The first kappa shape index (κ1) is 13.7. The fourth-order valence-corrected chi connectivity index (χ4v) is 1.32. The zero-order chi connectivity index (χ0) is 12.7. The van der Waals surface area contributed by atoms with Gasteiger partial charge in [0.2, 0.25) is 0 Å². The number of anilines is 2. The minimum atomic E-state index is 0.334. The topological polar surface area (TPSA) is 75.9 Å². The van der Waals surface area contributed by atoms with E-state index in [-0.39, 0.29) is 0 Å². The quantitative estimate of drug-likeness (QED) is 0.702. The molecule has 1 rings (SSSR count). The second-order valence-electron chi connectivity index (χ2n) is 5.24. The molecule has 0 aliphatic rings. The SMILES string of the molecule is CC(C)(C)CCNc1cc(NCCN)ncn1. The molecule has 5 heteroatoms. The van der Waals surface area contributed by atoms with E-state index in [0.717, 1.165) is 31.1 Å². The zero-order valence-corrected chi connectivity index (χ0v) is 11.0. The Bertz CT molecular complexity index is 332. The van der Waals surface area contributed by atoms with Crippen LogP contribution >= 0.6 is 0 Å². The maximum atomic E-state index is 5.42. The summed E-state index contributed by atoms with van der Waals surface area (Å²) in [6.07, 6.45) is 2.65. The van der Waals surface area contributed by atoms with Crippen molar-refractivity contribution < 1.29 is 0 Å². The van der Waals surface area contributed by atoms with Crippen LogP contribution in [0.1, 0.15) is 27.2 Å². The summed E-state index contributed by atoms with van der Waals surface area (Å²) in [5, 5.41) is 6.42. The van der Waals surface area contributed by atoms with E-state index in [1.54, 1.807) is 6.33 Å². The first-order chi connectivity index (χ1) is 8.01. The van der Waals surface area contributed by atoms with Gasteiger partial charge in [-0.05, 0) is 11.8 Å². The third kappa shape index (κ3) is 6.06. The second kappa shape index (κ2) is 6.39. The zero-order valence-electron chi connectivity index (χ0n) is 11.0. The van der Waals surface area contributed by atoms with Crippen LogP contribution in [0.15, 0.2) is 12.4 Å². The van der Waals surface area contributed by atoms with Gasteiger partial charge in [0.1, 0.15) is 18.0 Å². The lowest BCUT2D eigenvalue weighted by Crippen LogP contribution is -2.15. The molecule has 0 amide bonds. The summed E-state index contributed by atoms with van der Waals surface area (Å²) in [6, 6.07) is 1.90. The van der Waals surface area contributed by atoms with Crippen molar-refractivity contribution in [3.8, 4) is 0 Å². The minimum Gasteiger partial charge on any atom is -0.370 e. The maximum absolute atomic E-state index is 5.42. The fraction of sp³-hybridized carbons (Fsp3) is 0.667. The van der Waals surface area contributed by atoms with Gasteiger partial charge in [0.05, 0.1) is 0 Å². The van der Waals surface area contributed by atoms with Gasteiger partial charge in [-0.2, -0.15) is 0 Å². The average molecular weight is 237 g/mol. The van der Waals surface area contributed by atoms with E-state index < -0.39 is 0 Å². The number of nitrogens with one attached hydrogen (secondary N) is 2. The van der Waals surface area contributed by atoms with Crippen molar-refractivity contribution in [1.82, 2.24) is 9.97 Å². The number of aromatic nitrogens is 2. The van der Waals surface area contributed by atoms with E-state index in [4.69, 9.17) is 5.73 Å². The number of hydrogen-bond donors (Lipinski definition) is 3. The second-order valence-corrected chi connectivity index (χ2v) is 5.24. The molecule has 1 aromatic heterocycles. The van der Waals surface area contributed by atoms with Gasteiger partial charge in [-0.1, -0.05) is 20.8 Å². The van der Waals surface area contributed by atoms with E-state index in [0.29, 0.717) is 12.0 Å². The van der Waals surface area contributed by atoms with Gasteiger partial charge in [-0.3, -0.25) is 0 Å². The van der Waals surface area contributed by atoms with E-state index in [2.05, 4.69) is 41.4 Å². The Morgan fingerprint density at radius 1 is 1.12 bits per heavy atom. The van der Waals surface area contributed by atoms with Crippen molar-refractivity contribution in [2.75, 3.05) is 30.3 Å². The van der Waals surface area contributed by atoms with Gasteiger partial charge in [-0.25, -0.2) is 9.97 Å². The molecule has 5 nitrogen and oxygen atoms in total. The molecule has 0 saturated heterocycles. The van der Waals surface area contributed by atoms with Crippen LogP contribution in [0.25, 0.3) is 0 Å². The summed E-state index contributed by atoms with van der Waals surface area (Å²) >= 11 is 0. The Balaban J connectivity index is 2.43. The lowest BCUT2D eigenvalue weighted by molar-refractivity contribution is 0.389. The summed E-state index contributed by atoms with van der Waals surface area (Å²) in [6.45, 7) is 8.90. The molecule has 0 aromatic carbocycles. The predicted molar refractivity (Wildman–Crippen MR) is 72.1 cm³/mol. The third-order valence-electron chi connectivity index (χ3n) is 2.30. The number of nitrogens with zero attached hydrogens (tertiary/aromatic N) is 2. The van der Waals surface area contributed by atoms with Crippen LogP contribution in [-0.4, -0.2) is 29.6 Å². The molecule has 1 aromatic rings. The van der Waals surface area contributed by atoms with Gasteiger partial charge >= 0.3 is 0 Å². The van der Waals surface area contributed by atoms with Crippen molar-refractivity contribution in [2.45, 2.75) is 27.2 Å². The first-order valence-corrected chi connectivity index (χ1v) is 6.01. The first-order valence-electron chi connectivity index (χ1n) is 6.01. The molecule has 0 atom stereocenters. The van der Waals surface area contributed by atoms with Crippen LogP contribution in [0.2, 0.25) is 0 Å². The monoisotopic (exact) mass is 237 g/mol. The smallest absolute Gasteiger partial charge is 0.131 e. The highest BCUT2D eigenvalue weighted by atomic mass is 15.1. The molecular formula is C12H23N5. The summed E-state index contributed by atoms with van der Waals surface area (Å²) in [7, 11) is 0. The van der Waals surface area contributed by atoms with Crippen LogP contribution in [0.5, 0.6) is 0 Å². The number of hydrogen-bond acceptors (Lipinski definition) is 5. The minimum absolute atomic E-state index is 0.334. The van der Waals surface area contributed by atoms with Crippen molar-refractivity contribution >= 4 is 11.6 Å². The van der Waals surface area contributed by atoms with Crippen molar-refractivity contribution in [1.29, 1.82) is 0 Å². The van der Waals surface area contributed by atoms with Crippen LogP contribution in [-0.2, 0) is 0 Å². The Morgan fingerprint density at radius 2 is 1.71 bits per heavy atom. The summed E-state index contributed by atoms with van der Waals surface area (Å²) in [4.78, 5) is 8.29. The molecule has 0 radical (unpaired) electrons. The van der Waals surface area contributed by atoms with Gasteiger partial charge < -0.3 is 16.4 Å². The average Bonchev–Trinajstić information content (AvgIpc) is 2.25. The molecule has 0 aliphatic heterocycles. The molecule has 17 heavy (non-hydrogen) atoms. The van der Waals surface area contributed by atoms with Crippen LogP contribution < -0.4 is 16.4 Å². The van der Waals surface area contributed by atoms with Gasteiger partial charge in [0, 0.05) is 25.7 Å². The highest BCUT2D eigenvalue weighted by Gasteiger charge is 2.09. The van der Waals surface area contributed by atoms with E-state index in [1.165, 1.54) is 0 Å².